The lowest BCUT2D eigenvalue weighted by Crippen LogP contribution is -2.33. The van der Waals surface area contributed by atoms with E-state index < -0.39 is 11.7 Å². The molecule has 1 aliphatic heterocycles. The van der Waals surface area contributed by atoms with E-state index >= 15 is 0 Å². The van der Waals surface area contributed by atoms with Crippen molar-refractivity contribution in [3.05, 3.63) is 11.6 Å². The van der Waals surface area contributed by atoms with E-state index in [4.69, 9.17) is 0 Å². The second-order valence-electron chi connectivity index (χ2n) is 2.68. The van der Waals surface area contributed by atoms with Crippen LogP contribution in [0, 0.1) is 0 Å². The first-order chi connectivity index (χ1) is 5.00. The highest BCUT2D eigenvalue weighted by atomic mass is 19.4. The van der Waals surface area contributed by atoms with E-state index in [0.29, 0.717) is 6.54 Å². The van der Waals surface area contributed by atoms with Gasteiger partial charge in [-0.15, -0.1) is 0 Å². The van der Waals surface area contributed by atoms with Crippen molar-refractivity contribution in [2.75, 3.05) is 6.54 Å². The van der Waals surface area contributed by atoms with E-state index in [1.54, 1.807) is 6.92 Å². The summed E-state index contributed by atoms with van der Waals surface area (Å²) in [5.74, 6) is 0. The van der Waals surface area contributed by atoms with Gasteiger partial charge in [-0.05, 0) is 19.9 Å². The van der Waals surface area contributed by atoms with Crippen LogP contribution in [0.3, 0.4) is 0 Å². The third kappa shape index (κ3) is 2.22. The summed E-state index contributed by atoms with van der Waals surface area (Å²) in [6.45, 7) is 2.14. The van der Waals surface area contributed by atoms with Crippen LogP contribution in [0.15, 0.2) is 11.6 Å². The summed E-state index contributed by atoms with van der Waals surface area (Å²) >= 11 is 0. The average Bonchev–Trinajstić information content (AvgIpc) is 1.86. The topological polar surface area (TPSA) is 12.0 Å². The molecular weight excluding hydrogens is 155 g/mol. The summed E-state index contributed by atoms with van der Waals surface area (Å²) in [6.07, 6.45) is -2.80. The molecule has 0 aromatic rings. The molecule has 1 atom stereocenters. The van der Waals surface area contributed by atoms with E-state index in [9.17, 15) is 13.2 Å². The Balaban J connectivity index is 2.71. The standard InChI is InChI=1S/C7H10F3N/c1-5-4-6(2-3-11-5)7(8,9)10/h4-5,11H,2-3H2,1H3. The van der Waals surface area contributed by atoms with E-state index in [2.05, 4.69) is 5.32 Å². The Bertz CT molecular complexity index is 171. The average molecular weight is 165 g/mol. The number of alkyl halides is 3. The lowest BCUT2D eigenvalue weighted by molar-refractivity contribution is -0.0950. The minimum Gasteiger partial charge on any atom is -0.310 e. The van der Waals surface area contributed by atoms with Crippen molar-refractivity contribution in [2.45, 2.75) is 25.6 Å². The SMILES string of the molecule is CC1C=C(C(F)(F)F)CCN1. The number of hydrogen-bond donors (Lipinski definition) is 1. The van der Waals surface area contributed by atoms with E-state index in [0.717, 1.165) is 0 Å². The van der Waals surface area contributed by atoms with Gasteiger partial charge in [0, 0.05) is 11.6 Å². The smallest absolute Gasteiger partial charge is 0.310 e. The maximum Gasteiger partial charge on any atom is 0.412 e. The minimum absolute atomic E-state index is 0.0911. The molecule has 4 heteroatoms. The van der Waals surface area contributed by atoms with E-state index in [1.165, 1.54) is 6.08 Å². The van der Waals surface area contributed by atoms with Crippen LogP contribution in [-0.2, 0) is 0 Å². The molecule has 0 fully saturated rings. The molecule has 0 saturated heterocycles. The van der Waals surface area contributed by atoms with Gasteiger partial charge in [0.1, 0.15) is 0 Å². The zero-order valence-corrected chi connectivity index (χ0v) is 6.20. The van der Waals surface area contributed by atoms with Gasteiger partial charge in [0.25, 0.3) is 0 Å². The van der Waals surface area contributed by atoms with Gasteiger partial charge in [-0.3, -0.25) is 0 Å². The Labute approximate surface area is 63.3 Å². The fourth-order valence-corrected chi connectivity index (χ4v) is 1.11. The van der Waals surface area contributed by atoms with Crippen molar-refractivity contribution in [1.29, 1.82) is 0 Å². The Morgan fingerprint density at radius 1 is 1.55 bits per heavy atom. The van der Waals surface area contributed by atoms with Crippen molar-refractivity contribution < 1.29 is 13.2 Å². The molecule has 0 bridgehead atoms. The highest BCUT2D eigenvalue weighted by molar-refractivity contribution is 5.15. The van der Waals surface area contributed by atoms with Gasteiger partial charge in [-0.1, -0.05) is 6.08 Å². The van der Waals surface area contributed by atoms with Gasteiger partial charge in [0.2, 0.25) is 0 Å². The van der Waals surface area contributed by atoms with Crippen LogP contribution in [0.5, 0.6) is 0 Å². The van der Waals surface area contributed by atoms with Crippen LogP contribution in [-0.4, -0.2) is 18.8 Å². The van der Waals surface area contributed by atoms with Gasteiger partial charge < -0.3 is 5.32 Å². The van der Waals surface area contributed by atoms with Gasteiger partial charge in [0.05, 0.1) is 0 Å². The maximum atomic E-state index is 12.0. The molecule has 1 N–H and O–H groups in total. The largest absolute Gasteiger partial charge is 0.412 e. The van der Waals surface area contributed by atoms with Crippen LogP contribution in [0.25, 0.3) is 0 Å². The first-order valence-corrected chi connectivity index (χ1v) is 3.51. The molecule has 1 rings (SSSR count). The molecular formula is C7H10F3N. The third-order valence-electron chi connectivity index (χ3n) is 1.68. The predicted molar refractivity (Wildman–Crippen MR) is 36.2 cm³/mol. The Hall–Kier alpha value is -0.510. The minimum atomic E-state index is -4.13. The summed E-state index contributed by atoms with van der Waals surface area (Å²) in [5.41, 5.74) is -0.399. The second kappa shape index (κ2) is 2.85. The van der Waals surface area contributed by atoms with Crippen molar-refractivity contribution in [2.24, 2.45) is 0 Å². The number of hydrogen-bond acceptors (Lipinski definition) is 1. The molecule has 1 aliphatic rings. The molecule has 1 heterocycles. The highest BCUT2D eigenvalue weighted by Crippen LogP contribution is 2.29. The molecule has 0 amide bonds. The predicted octanol–water partition coefficient (Wildman–Crippen LogP) is 1.86. The van der Waals surface area contributed by atoms with E-state index in [1.807, 2.05) is 0 Å². The summed E-state index contributed by atoms with van der Waals surface area (Å²) in [5, 5.41) is 2.91. The molecule has 11 heavy (non-hydrogen) atoms. The van der Waals surface area contributed by atoms with Crippen LogP contribution < -0.4 is 5.32 Å². The first-order valence-electron chi connectivity index (χ1n) is 3.51. The molecule has 1 unspecified atom stereocenters. The lowest BCUT2D eigenvalue weighted by Gasteiger charge is -2.20. The van der Waals surface area contributed by atoms with Crippen LogP contribution in [0.2, 0.25) is 0 Å². The van der Waals surface area contributed by atoms with Crippen LogP contribution in [0.4, 0.5) is 13.2 Å². The molecule has 0 aliphatic carbocycles. The van der Waals surface area contributed by atoms with Crippen LogP contribution >= 0.6 is 0 Å². The Kier molecular flexibility index (Phi) is 2.23. The second-order valence-corrected chi connectivity index (χ2v) is 2.68. The normalized spacial score (nSPS) is 26.5. The highest BCUT2D eigenvalue weighted by Gasteiger charge is 2.34. The van der Waals surface area contributed by atoms with Gasteiger partial charge >= 0.3 is 6.18 Å². The molecule has 64 valence electrons. The van der Waals surface area contributed by atoms with Crippen molar-refractivity contribution in [3.8, 4) is 0 Å². The van der Waals surface area contributed by atoms with Gasteiger partial charge in [0.15, 0.2) is 0 Å². The molecule has 0 radical (unpaired) electrons. The molecule has 0 saturated carbocycles. The van der Waals surface area contributed by atoms with Gasteiger partial charge in [-0.25, -0.2) is 0 Å². The van der Waals surface area contributed by atoms with Crippen molar-refractivity contribution in [3.63, 3.8) is 0 Å². The summed E-state index contributed by atoms with van der Waals surface area (Å²) < 4.78 is 36.1. The quantitative estimate of drug-likeness (QED) is 0.540. The fraction of sp³-hybridized carbons (Fsp3) is 0.714. The number of nitrogens with one attached hydrogen (secondary N) is 1. The van der Waals surface area contributed by atoms with Crippen molar-refractivity contribution >= 4 is 0 Å². The van der Waals surface area contributed by atoms with Gasteiger partial charge in [-0.2, -0.15) is 13.2 Å². The zero-order valence-electron chi connectivity index (χ0n) is 6.20. The monoisotopic (exact) mass is 165 g/mol. The number of rotatable bonds is 0. The first kappa shape index (κ1) is 8.59. The molecule has 1 nitrogen and oxygen atoms in total. The summed E-state index contributed by atoms with van der Waals surface area (Å²) in [7, 11) is 0. The summed E-state index contributed by atoms with van der Waals surface area (Å²) in [4.78, 5) is 0. The fourth-order valence-electron chi connectivity index (χ4n) is 1.11. The Morgan fingerprint density at radius 3 is 2.55 bits per heavy atom. The van der Waals surface area contributed by atoms with E-state index in [-0.39, 0.29) is 12.5 Å². The number of halogens is 3. The maximum absolute atomic E-state index is 12.0. The molecule has 0 spiro atoms. The van der Waals surface area contributed by atoms with Crippen LogP contribution in [0.1, 0.15) is 13.3 Å². The lowest BCUT2D eigenvalue weighted by atomic mass is 10.1. The Morgan fingerprint density at radius 2 is 2.18 bits per heavy atom. The molecule has 0 aromatic heterocycles. The molecule has 0 aromatic carbocycles. The zero-order chi connectivity index (χ0) is 8.48. The summed E-state index contributed by atoms with van der Waals surface area (Å²) in [6, 6.07) is -0.152. The third-order valence-corrected chi connectivity index (χ3v) is 1.68. The van der Waals surface area contributed by atoms with Crippen molar-refractivity contribution in [1.82, 2.24) is 5.32 Å².